The van der Waals surface area contributed by atoms with Gasteiger partial charge in [-0.3, -0.25) is 14.3 Å². The average Bonchev–Trinajstić information content (AvgIpc) is 3.23. The van der Waals surface area contributed by atoms with Crippen molar-refractivity contribution in [1.29, 1.82) is 0 Å². The molecule has 1 aliphatic heterocycles. The van der Waals surface area contributed by atoms with Crippen LogP contribution in [0.4, 0.5) is 0 Å². The molecule has 0 saturated heterocycles. The van der Waals surface area contributed by atoms with E-state index in [1.54, 1.807) is 39.5 Å². The molecule has 2 aromatic heterocycles. The molecule has 0 fully saturated rings. The quantitative estimate of drug-likeness (QED) is 0.783. The number of carbonyl (C=O) groups is 2. The Bertz CT molecular complexity index is 945. The summed E-state index contributed by atoms with van der Waals surface area (Å²) in [6, 6.07) is 7.40. The lowest BCUT2D eigenvalue weighted by Gasteiger charge is -2.22. The molecule has 0 radical (unpaired) electrons. The Morgan fingerprint density at radius 3 is 3.12 bits per heavy atom. The zero-order valence-electron chi connectivity index (χ0n) is 13.0. The third-order valence-electron chi connectivity index (χ3n) is 4.10. The van der Waals surface area contributed by atoms with Crippen molar-refractivity contribution < 1.29 is 9.59 Å². The van der Waals surface area contributed by atoms with Gasteiger partial charge in [-0.15, -0.1) is 11.3 Å². The number of hydrogen-bond acceptors (Lipinski definition) is 5. The number of amides is 2. The van der Waals surface area contributed by atoms with Crippen LogP contribution in [0.3, 0.4) is 0 Å². The molecule has 1 aromatic carbocycles. The van der Waals surface area contributed by atoms with Gasteiger partial charge in [0.1, 0.15) is 5.69 Å². The van der Waals surface area contributed by atoms with E-state index in [1.807, 2.05) is 18.2 Å². The van der Waals surface area contributed by atoms with E-state index >= 15 is 0 Å². The van der Waals surface area contributed by atoms with Crippen molar-refractivity contribution >= 4 is 33.4 Å². The first-order chi connectivity index (χ1) is 11.6. The Balaban J connectivity index is 1.52. The first-order valence-electron chi connectivity index (χ1n) is 7.56. The minimum absolute atomic E-state index is 0.109. The highest BCUT2D eigenvalue weighted by molar-refractivity contribution is 7.16. The van der Waals surface area contributed by atoms with E-state index in [2.05, 4.69) is 15.4 Å². The molecule has 0 atom stereocenters. The normalized spacial score (nSPS) is 14.0. The van der Waals surface area contributed by atoms with Gasteiger partial charge in [0.25, 0.3) is 11.8 Å². The molecule has 8 heteroatoms. The third-order valence-corrected chi connectivity index (χ3v) is 5.02. The molecule has 0 bridgehead atoms. The Hall–Kier alpha value is -2.74. The first kappa shape index (κ1) is 14.8. The summed E-state index contributed by atoms with van der Waals surface area (Å²) in [5.74, 6) is -0.393. The number of carbonyl (C=O) groups excluding carboxylic acids is 2. The highest BCUT2D eigenvalue weighted by atomic mass is 32.1. The maximum absolute atomic E-state index is 12.4. The summed E-state index contributed by atoms with van der Waals surface area (Å²) in [7, 11) is 1.74. The van der Waals surface area contributed by atoms with Crippen LogP contribution in [-0.2, 0) is 13.1 Å². The van der Waals surface area contributed by atoms with Gasteiger partial charge < -0.3 is 10.2 Å². The van der Waals surface area contributed by atoms with Crippen molar-refractivity contribution in [3.05, 3.63) is 46.7 Å². The molecular weight excluding hydrogens is 326 g/mol. The predicted octanol–water partition coefficient (Wildman–Crippen LogP) is 1.51. The van der Waals surface area contributed by atoms with Crippen molar-refractivity contribution in [2.75, 3.05) is 13.6 Å². The number of fused-ring (bicyclic) bond motifs is 2. The summed E-state index contributed by atoms with van der Waals surface area (Å²) in [5, 5.41) is 7.12. The second-order valence-electron chi connectivity index (χ2n) is 5.67. The highest BCUT2D eigenvalue weighted by Gasteiger charge is 2.25. The molecule has 0 saturated carbocycles. The van der Waals surface area contributed by atoms with E-state index in [4.69, 9.17) is 0 Å². The van der Waals surface area contributed by atoms with Gasteiger partial charge in [0, 0.05) is 26.2 Å². The maximum atomic E-state index is 12.4. The summed E-state index contributed by atoms with van der Waals surface area (Å²) in [5.41, 5.74) is 4.46. The zero-order chi connectivity index (χ0) is 16.7. The van der Waals surface area contributed by atoms with Gasteiger partial charge >= 0.3 is 0 Å². The molecule has 0 spiro atoms. The first-order valence-corrected chi connectivity index (χ1v) is 8.44. The molecule has 2 amide bonds. The Morgan fingerprint density at radius 1 is 1.38 bits per heavy atom. The molecule has 3 heterocycles. The second kappa shape index (κ2) is 5.72. The van der Waals surface area contributed by atoms with Crippen molar-refractivity contribution in [1.82, 2.24) is 25.0 Å². The molecule has 1 aliphatic rings. The van der Waals surface area contributed by atoms with Crippen molar-refractivity contribution in [3.8, 4) is 0 Å². The molecule has 0 unspecified atom stereocenters. The molecule has 0 aliphatic carbocycles. The van der Waals surface area contributed by atoms with Crippen LogP contribution in [-0.4, -0.2) is 45.1 Å². The second-order valence-corrected chi connectivity index (χ2v) is 6.52. The average molecular weight is 341 g/mol. The monoisotopic (exact) mass is 341 g/mol. The van der Waals surface area contributed by atoms with Crippen LogP contribution in [0.1, 0.15) is 26.5 Å². The van der Waals surface area contributed by atoms with Crippen molar-refractivity contribution in [3.63, 3.8) is 0 Å². The number of aromatic nitrogens is 3. The van der Waals surface area contributed by atoms with E-state index in [1.165, 1.54) is 0 Å². The van der Waals surface area contributed by atoms with Crippen LogP contribution >= 0.6 is 11.3 Å². The molecule has 1 N–H and O–H groups in total. The topological polar surface area (TPSA) is 80.1 Å². The van der Waals surface area contributed by atoms with Gasteiger partial charge in [-0.05, 0) is 11.6 Å². The van der Waals surface area contributed by atoms with E-state index in [0.717, 1.165) is 15.8 Å². The number of benzene rings is 1. The number of nitrogens with one attached hydrogen (secondary N) is 1. The third kappa shape index (κ3) is 2.44. The number of likely N-dealkylation sites (N-methyl/N-ethyl adjacent to an activating group) is 1. The maximum Gasteiger partial charge on any atom is 0.272 e. The predicted molar refractivity (Wildman–Crippen MR) is 90.0 cm³/mol. The van der Waals surface area contributed by atoms with Gasteiger partial charge in [0.2, 0.25) is 0 Å². The fraction of sp³-hybridized carbons (Fsp3) is 0.250. The fourth-order valence-electron chi connectivity index (χ4n) is 2.76. The van der Waals surface area contributed by atoms with E-state index < -0.39 is 0 Å². The van der Waals surface area contributed by atoms with Crippen LogP contribution in [0.25, 0.3) is 10.2 Å². The standard InChI is InChI=1S/C16H15N5O2S/c1-20-5-6-21-13(16(20)23)7-12(19-21)15(22)17-8-10-3-2-4-11-14(10)24-9-18-11/h2-4,7,9H,5-6,8H2,1H3,(H,17,22). The largest absolute Gasteiger partial charge is 0.347 e. The summed E-state index contributed by atoms with van der Waals surface area (Å²) >= 11 is 1.55. The Morgan fingerprint density at radius 2 is 2.25 bits per heavy atom. The smallest absolute Gasteiger partial charge is 0.272 e. The molecule has 3 aromatic rings. The van der Waals surface area contributed by atoms with E-state index in [0.29, 0.717) is 25.3 Å². The highest BCUT2D eigenvalue weighted by Crippen LogP contribution is 2.22. The van der Waals surface area contributed by atoms with Crippen molar-refractivity contribution in [2.24, 2.45) is 0 Å². The number of rotatable bonds is 3. The van der Waals surface area contributed by atoms with Gasteiger partial charge in [-0.2, -0.15) is 5.10 Å². The lowest BCUT2D eigenvalue weighted by molar-refractivity contribution is 0.0742. The SMILES string of the molecule is CN1CCn2nc(C(=O)NCc3cccc4ncsc34)cc2C1=O. The van der Waals surface area contributed by atoms with Gasteiger partial charge in [-0.25, -0.2) is 4.98 Å². The molecule has 7 nitrogen and oxygen atoms in total. The van der Waals surface area contributed by atoms with E-state index in [-0.39, 0.29) is 17.5 Å². The van der Waals surface area contributed by atoms with Crippen molar-refractivity contribution in [2.45, 2.75) is 13.1 Å². The van der Waals surface area contributed by atoms with Gasteiger partial charge in [0.15, 0.2) is 5.69 Å². The summed E-state index contributed by atoms with van der Waals surface area (Å²) in [4.78, 5) is 30.4. The summed E-state index contributed by atoms with van der Waals surface area (Å²) < 4.78 is 2.67. The Kier molecular flexibility index (Phi) is 3.53. The fourth-order valence-corrected chi connectivity index (χ4v) is 3.57. The van der Waals surface area contributed by atoms with Crippen LogP contribution < -0.4 is 5.32 Å². The van der Waals surface area contributed by atoms with Crippen LogP contribution in [0, 0.1) is 0 Å². The van der Waals surface area contributed by atoms with Gasteiger partial charge in [0.05, 0.1) is 22.3 Å². The Labute approximate surface area is 141 Å². The van der Waals surface area contributed by atoms with Crippen LogP contribution in [0.15, 0.2) is 29.8 Å². The van der Waals surface area contributed by atoms with Crippen LogP contribution in [0.2, 0.25) is 0 Å². The lowest BCUT2D eigenvalue weighted by Crippen LogP contribution is -2.37. The number of thiazole rings is 1. The molecule has 4 rings (SSSR count). The molecular formula is C16H15N5O2S. The summed E-state index contributed by atoms with van der Waals surface area (Å²) in [6.07, 6.45) is 0. The zero-order valence-corrected chi connectivity index (χ0v) is 13.8. The minimum Gasteiger partial charge on any atom is -0.347 e. The summed E-state index contributed by atoms with van der Waals surface area (Å²) in [6.45, 7) is 1.60. The number of nitrogens with zero attached hydrogens (tertiary/aromatic N) is 4. The van der Waals surface area contributed by atoms with Crippen LogP contribution in [0.5, 0.6) is 0 Å². The molecule has 122 valence electrons. The molecule has 24 heavy (non-hydrogen) atoms. The van der Waals surface area contributed by atoms with Gasteiger partial charge in [-0.1, -0.05) is 12.1 Å². The minimum atomic E-state index is -0.283. The number of hydrogen-bond donors (Lipinski definition) is 1. The lowest BCUT2D eigenvalue weighted by atomic mass is 10.2. The van der Waals surface area contributed by atoms with E-state index in [9.17, 15) is 9.59 Å².